The van der Waals surface area contributed by atoms with Crippen LogP contribution in [0, 0.1) is 6.92 Å². The molecule has 2 rings (SSSR count). The van der Waals surface area contributed by atoms with Gasteiger partial charge in [-0.15, -0.1) is 0 Å². The van der Waals surface area contributed by atoms with Crippen LogP contribution in [0.4, 0.5) is 10.5 Å². The third-order valence-corrected chi connectivity index (χ3v) is 3.44. The first-order valence-corrected chi connectivity index (χ1v) is 6.74. The van der Waals surface area contributed by atoms with Crippen molar-refractivity contribution in [3.8, 4) is 0 Å². The van der Waals surface area contributed by atoms with Gasteiger partial charge in [-0.05, 0) is 37.1 Å². The summed E-state index contributed by atoms with van der Waals surface area (Å²) in [6.07, 6.45) is 0. The highest BCUT2D eigenvalue weighted by atomic mass is 16.2. The van der Waals surface area contributed by atoms with Crippen LogP contribution in [0.1, 0.15) is 24.1 Å². The van der Waals surface area contributed by atoms with Crippen molar-refractivity contribution in [2.75, 3.05) is 11.9 Å². The van der Waals surface area contributed by atoms with Crippen LogP contribution >= 0.6 is 0 Å². The van der Waals surface area contributed by atoms with Crippen LogP contribution in [0.15, 0.2) is 54.6 Å². The summed E-state index contributed by atoms with van der Waals surface area (Å²) in [7, 11) is 1.77. The summed E-state index contributed by atoms with van der Waals surface area (Å²) in [5.74, 6) is 0. The smallest absolute Gasteiger partial charge is 0.322 e. The molecule has 0 aromatic heterocycles. The van der Waals surface area contributed by atoms with Gasteiger partial charge in [0, 0.05) is 12.7 Å². The van der Waals surface area contributed by atoms with Gasteiger partial charge in [0.2, 0.25) is 0 Å². The van der Waals surface area contributed by atoms with Gasteiger partial charge in [0.15, 0.2) is 0 Å². The van der Waals surface area contributed by atoms with Crippen LogP contribution in [0.2, 0.25) is 0 Å². The number of nitrogens with one attached hydrogen (secondary N) is 1. The van der Waals surface area contributed by atoms with E-state index >= 15 is 0 Å². The number of hydrogen-bond acceptors (Lipinski definition) is 1. The van der Waals surface area contributed by atoms with Crippen molar-refractivity contribution in [1.29, 1.82) is 0 Å². The molecule has 0 bridgehead atoms. The van der Waals surface area contributed by atoms with Crippen molar-refractivity contribution in [1.82, 2.24) is 5.32 Å². The lowest BCUT2D eigenvalue weighted by molar-refractivity contribution is 0.244. The van der Waals surface area contributed by atoms with Crippen molar-refractivity contribution < 1.29 is 4.79 Å². The first-order valence-electron chi connectivity index (χ1n) is 6.74. The zero-order valence-corrected chi connectivity index (χ0v) is 12.1. The summed E-state index contributed by atoms with van der Waals surface area (Å²) in [5, 5.41) is 3.02. The molecule has 104 valence electrons. The predicted octanol–water partition coefficient (Wildman–Crippen LogP) is 3.90. The van der Waals surface area contributed by atoms with Crippen LogP contribution in [0.25, 0.3) is 0 Å². The Balaban J connectivity index is 2.07. The number of carbonyl (C=O) groups is 1. The van der Waals surface area contributed by atoms with Crippen molar-refractivity contribution in [3.63, 3.8) is 0 Å². The molecule has 0 aliphatic rings. The van der Waals surface area contributed by atoms with Crippen molar-refractivity contribution in [2.45, 2.75) is 19.9 Å². The molecule has 2 aromatic rings. The highest BCUT2D eigenvalue weighted by molar-refractivity contribution is 5.91. The number of rotatable bonds is 3. The number of hydrogen-bond donors (Lipinski definition) is 1. The SMILES string of the molecule is Cc1ccccc1C(C)NC(=O)N(C)c1ccccc1. The number of urea groups is 1. The summed E-state index contributed by atoms with van der Waals surface area (Å²) in [6, 6.07) is 17.6. The van der Waals surface area contributed by atoms with E-state index in [0.29, 0.717) is 0 Å². The second-order valence-corrected chi connectivity index (χ2v) is 4.92. The van der Waals surface area contributed by atoms with E-state index < -0.39 is 0 Å². The molecule has 1 atom stereocenters. The van der Waals surface area contributed by atoms with Gasteiger partial charge in [-0.3, -0.25) is 4.90 Å². The average molecular weight is 268 g/mol. The van der Waals surface area contributed by atoms with E-state index in [2.05, 4.69) is 18.3 Å². The van der Waals surface area contributed by atoms with E-state index in [-0.39, 0.29) is 12.1 Å². The first-order chi connectivity index (χ1) is 9.59. The van der Waals surface area contributed by atoms with Gasteiger partial charge in [0.05, 0.1) is 6.04 Å². The van der Waals surface area contributed by atoms with Crippen LogP contribution in [0.5, 0.6) is 0 Å². The van der Waals surface area contributed by atoms with Crippen LogP contribution < -0.4 is 10.2 Å². The van der Waals surface area contributed by atoms with Gasteiger partial charge < -0.3 is 5.32 Å². The molecule has 20 heavy (non-hydrogen) atoms. The predicted molar refractivity (Wildman–Crippen MR) is 83.0 cm³/mol. The number of nitrogens with zero attached hydrogens (tertiary/aromatic N) is 1. The maximum absolute atomic E-state index is 12.3. The topological polar surface area (TPSA) is 32.3 Å². The Kier molecular flexibility index (Phi) is 4.41. The maximum Gasteiger partial charge on any atom is 0.322 e. The molecule has 3 nitrogen and oxygen atoms in total. The molecule has 0 aliphatic heterocycles. The molecule has 2 aromatic carbocycles. The summed E-state index contributed by atoms with van der Waals surface area (Å²) in [5.41, 5.74) is 3.20. The van der Waals surface area contributed by atoms with Crippen molar-refractivity contribution >= 4 is 11.7 Å². The fourth-order valence-electron chi connectivity index (χ4n) is 2.20. The van der Waals surface area contributed by atoms with Gasteiger partial charge in [0.1, 0.15) is 0 Å². The minimum absolute atomic E-state index is 0.0186. The average Bonchev–Trinajstić information content (AvgIpc) is 2.47. The second kappa shape index (κ2) is 6.24. The lowest BCUT2D eigenvalue weighted by atomic mass is 10.0. The molecule has 0 saturated carbocycles. The zero-order valence-electron chi connectivity index (χ0n) is 12.1. The Morgan fingerprint density at radius 3 is 2.30 bits per heavy atom. The fourth-order valence-corrected chi connectivity index (χ4v) is 2.20. The zero-order chi connectivity index (χ0) is 14.5. The summed E-state index contributed by atoms with van der Waals surface area (Å²) < 4.78 is 0. The van der Waals surface area contributed by atoms with E-state index in [1.165, 1.54) is 5.56 Å². The Labute approximate surface area is 120 Å². The van der Waals surface area contributed by atoms with Crippen LogP contribution in [0.3, 0.4) is 0 Å². The number of aryl methyl sites for hydroxylation is 1. The summed E-state index contributed by atoms with van der Waals surface area (Å²) in [4.78, 5) is 13.9. The Hall–Kier alpha value is -2.29. The van der Waals surface area contributed by atoms with E-state index in [1.807, 2.05) is 55.5 Å². The lowest BCUT2D eigenvalue weighted by Crippen LogP contribution is -2.38. The molecule has 0 saturated heterocycles. The number of benzene rings is 2. The van der Waals surface area contributed by atoms with Gasteiger partial charge in [0.25, 0.3) is 0 Å². The Morgan fingerprint density at radius 1 is 1.05 bits per heavy atom. The molecule has 3 heteroatoms. The Bertz CT molecular complexity index is 581. The maximum atomic E-state index is 12.3. The number of anilines is 1. The van der Waals surface area contributed by atoms with Crippen molar-refractivity contribution in [3.05, 3.63) is 65.7 Å². The Morgan fingerprint density at radius 2 is 1.65 bits per heavy atom. The highest BCUT2D eigenvalue weighted by Gasteiger charge is 2.15. The van der Waals surface area contributed by atoms with E-state index in [1.54, 1.807) is 11.9 Å². The minimum Gasteiger partial charge on any atom is -0.331 e. The molecular weight excluding hydrogens is 248 g/mol. The highest BCUT2D eigenvalue weighted by Crippen LogP contribution is 2.18. The largest absolute Gasteiger partial charge is 0.331 e. The summed E-state index contributed by atoms with van der Waals surface area (Å²) in [6.45, 7) is 4.05. The van der Waals surface area contributed by atoms with Crippen molar-refractivity contribution in [2.24, 2.45) is 0 Å². The minimum atomic E-state index is -0.105. The first kappa shape index (κ1) is 14.1. The molecule has 0 spiro atoms. The number of amides is 2. The van der Waals surface area contributed by atoms with Gasteiger partial charge in [-0.2, -0.15) is 0 Å². The molecule has 1 N–H and O–H groups in total. The third kappa shape index (κ3) is 3.18. The quantitative estimate of drug-likeness (QED) is 0.899. The lowest BCUT2D eigenvalue weighted by Gasteiger charge is -2.22. The van der Waals surface area contributed by atoms with E-state index in [9.17, 15) is 4.79 Å². The third-order valence-electron chi connectivity index (χ3n) is 3.44. The normalized spacial score (nSPS) is 11.8. The van der Waals surface area contributed by atoms with E-state index in [0.717, 1.165) is 11.3 Å². The van der Waals surface area contributed by atoms with Crippen LogP contribution in [-0.4, -0.2) is 13.1 Å². The van der Waals surface area contributed by atoms with Gasteiger partial charge in [-0.25, -0.2) is 4.79 Å². The molecule has 0 aliphatic carbocycles. The van der Waals surface area contributed by atoms with Gasteiger partial charge >= 0.3 is 6.03 Å². The number of para-hydroxylation sites is 1. The molecule has 0 fully saturated rings. The molecule has 2 amide bonds. The van der Waals surface area contributed by atoms with Crippen LogP contribution in [-0.2, 0) is 0 Å². The van der Waals surface area contributed by atoms with E-state index in [4.69, 9.17) is 0 Å². The molecule has 0 radical (unpaired) electrons. The second-order valence-electron chi connectivity index (χ2n) is 4.92. The monoisotopic (exact) mass is 268 g/mol. The molecular formula is C17H20N2O. The molecule has 0 heterocycles. The standard InChI is InChI=1S/C17H20N2O/c1-13-9-7-8-12-16(13)14(2)18-17(20)19(3)15-10-5-4-6-11-15/h4-12,14H,1-3H3,(H,18,20). The fraction of sp³-hybridized carbons (Fsp3) is 0.235. The molecule has 1 unspecified atom stereocenters. The summed E-state index contributed by atoms with van der Waals surface area (Å²) >= 11 is 0. The van der Waals surface area contributed by atoms with Gasteiger partial charge in [-0.1, -0.05) is 42.5 Å². The number of carbonyl (C=O) groups excluding carboxylic acids is 1.